The summed E-state index contributed by atoms with van der Waals surface area (Å²) in [6, 6.07) is 3.85. The van der Waals surface area contributed by atoms with Gasteiger partial charge in [0.05, 0.1) is 19.0 Å². The van der Waals surface area contributed by atoms with E-state index < -0.39 is 18.9 Å². The summed E-state index contributed by atoms with van der Waals surface area (Å²) >= 11 is 0. The van der Waals surface area contributed by atoms with Crippen LogP contribution < -0.4 is 15.8 Å². The van der Waals surface area contributed by atoms with Crippen LogP contribution in [0.2, 0.25) is 0 Å². The molecule has 0 spiro atoms. The number of nitrogens with one attached hydrogen (secondary N) is 1. The van der Waals surface area contributed by atoms with Gasteiger partial charge in [0.15, 0.2) is 11.3 Å². The highest BCUT2D eigenvalue weighted by atomic mass is 19.3. The van der Waals surface area contributed by atoms with Gasteiger partial charge in [-0.2, -0.15) is 15.2 Å². The maximum Gasteiger partial charge on any atom is 0.258 e. The van der Waals surface area contributed by atoms with E-state index in [-0.39, 0.29) is 18.1 Å². The largest absolute Gasteiger partial charge is 0.474 e. The molecule has 4 N–H and O–H groups in total. The molecule has 1 atom stereocenters. The maximum absolute atomic E-state index is 12.1. The van der Waals surface area contributed by atoms with Gasteiger partial charge in [-0.1, -0.05) is 6.92 Å². The van der Waals surface area contributed by atoms with Crippen molar-refractivity contribution in [1.29, 1.82) is 0 Å². The van der Waals surface area contributed by atoms with Crippen LogP contribution >= 0.6 is 0 Å². The highest BCUT2D eigenvalue weighted by Gasteiger charge is 2.42. The number of nitrogens with zero attached hydrogens (tertiary/aromatic N) is 6. The lowest BCUT2D eigenvalue weighted by Crippen LogP contribution is -2.45. The lowest BCUT2D eigenvalue weighted by Gasteiger charge is -2.46. The predicted octanol–water partition coefficient (Wildman–Crippen LogP) is 2.80. The molecule has 210 valence electrons. The van der Waals surface area contributed by atoms with Gasteiger partial charge in [0.2, 0.25) is 5.88 Å². The average Bonchev–Trinajstić information content (AvgIpc) is 3.44. The number of hydrogen-bond acceptors (Lipinski definition) is 8. The molecule has 0 radical (unpaired) electrons. The molecule has 1 amide bonds. The second-order valence-corrected chi connectivity index (χ2v) is 10.4. The van der Waals surface area contributed by atoms with Gasteiger partial charge in [-0.3, -0.25) is 9.48 Å². The molecule has 0 unspecified atom stereocenters. The summed E-state index contributed by atoms with van der Waals surface area (Å²) in [5, 5.41) is 21.5. The number of hydrogen-bond donors (Lipinski definition) is 3. The molecule has 1 fully saturated rings. The fourth-order valence-electron chi connectivity index (χ4n) is 4.98. The van der Waals surface area contributed by atoms with Crippen LogP contribution in [0, 0.1) is 5.41 Å². The van der Waals surface area contributed by atoms with Crippen molar-refractivity contribution in [1.82, 2.24) is 34.8 Å². The van der Waals surface area contributed by atoms with Crippen LogP contribution in [0.3, 0.4) is 0 Å². The molecule has 4 aromatic rings. The summed E-state index contributed by atoms with van der Waals surface area (Å²) < 4.78 is 33.1. The fourth-order valence-corrected chi connectivity index (χ4v) is 4.98. The molecule has 4 aromatic heterocycles. The summed E-state index contributed by atoms with van der Waals surface area (Å²) in [7, 11) is 3.79. The van der Waals surface area contributed by atoms with Crippen LogP contribution in [0.15, 0.2) is 30.7 Å². The van der Waals surface area contributed by atoms with Gasteiger partial charge in [-0.25, -0.2) is 18.4 Å². The number of ether oxygens (including phenoxy) is 1. The second kappa shape index (κ2) is 11.6. The van der Waals surface area contributed by atoms with E-state index >= 15 is 0 Å². The van der Waals surface area contributed by atoms with E-state index in [9.17, 15) is 13.6 Å². The molecule has 5 rings (SSSR count). The Hall–Kier alpha value is -3.71. The fraction of sp³-hybridized carbons (Fsp3) is 0.500. The first kappa shape index (κ1) is 28.3. The molecule has 1 aliphatic carbocycles. The molecule has 13 heteroatoms. The van der Waals surface area contributed by atoms with Crippen molar-refractivity contribution in [3.8, 4) is 5.88 Å². The van der Waals surface area contributed by atoms with Crippen LogP contribution in [0.5, 0.6) is 5.88 Å². The Labute approximate surface area is 224 Å². The minimum absolute atomic E-state index is 0.0651. The zero-order valence-corrected chi connectivity index (χ0v) is 22.4. The van der Waals surface area contributed by atoms with Crippen molar-refractivity contribution < 1.29 is 23.4 Å². The zero-order chi connectivity index (χ0) is 28.3. The third-order valence-electron chi connectivity index (χ3n) is 6.97. The first-order valence-electron chi connectivity index (χ1n) is 12.7. The van der Waals surface area contributed by atoms with E-state index in [1.54, 1.807) is 23.0 Å². The van der Waals surface area contributed by atoms with E-state index in [0.29, 0.717) is 39.7 Å². The van der Waals surface area contributed by atoms with Crippen LogP contribution in [0.4, 0.5) is 8.78 Å². The number of pyridine rings is 2. The van der Waals surface area contributed by atoms with Crippen LogP contribution in [-0.4, -0.2) is 66.2 Å². The molecular weight excluding hydrogens is 510 g/mol. The highest BCUT2D eigenvalue weighted by Crippen LogP contribution is 2.46. The van der Waals surface area contributed by atoms with Gasteiger partial charge in [0.1, 0.15) is 18.2 Å². The number of amides is 1. The normalized spacial score (nSPS) is 19.5. The Balaban J connectivity index is 0.000000202. The molecule has 39 heavy (non-hydrogen) atoms. The van der Waals surface area contributed by atoms with E-state index in [2.05, 4.69) is 39.3 Å². The quantitative estimate of drug-likeness (QED) is 0.292. The number of fused-ring (bicyclic) bond motifs is 2. The number of aliphatic hydroxyl groups excluding tert-OH is 1. The molecule has 0 saturated heterocycles. The van der Waals surface area contributed by atoms with E-state index in [0.717, 1.165) is 29.3 Å². The number of aromatic nitrogens is 6. The lowest BCUT2D eigenvalue weighted by molar-refractivity contribution is -0.0152. The van der Waals surface area contributed by atoms with Gasteiger partial charge in [0.25, 0.3) is 12.3 Å². The molecular formula is C26H34F2N8O3. The van der Waals surface area contributed by atoms with Crippen molar-refractivity contribution in [2.75, 3.05) is 7.05 Å². The maximum atomic E-state index is 12.1. The summed E-state index contributed by atoms with van der Waals surface area (Å²) in [6.45, 7) is 3.87. The van der Waals surface area contributed by atoms with Crippen LogP contribution in [0.1, 0.15) is 49.0 Å². The predicted molar refractivity (Wildman–Crippen MR) is 141 cm³/mol. The van der Waals surface area contributed by atoms with Crippen LogP contribution in [-0.2, 0) is 20.2 Å². The van der Waals surface area contributed by atoms with Crippen molar-refractivity contribution in [2.24, 2.45) is 18.2 Å². The van der Waals surface area contributed by atoms with Gasteiger partial charge in [-0.05, 0) is 56.3 Å². The van der Waals surface area contributed by atoms with Gasteiger partial charge in [0, 0.05) is 30.1 Å². The minimum atomic E-state index is -2.45. The molecule has 1 aliphatic rings. The molecule has 0 aromatic carbocycles. The second-order valence-electron chi connectivity index (χ2n) is 10.4. The van der Waals surface area contributed by atoms with E-state index in [4.69, 9.17) is 15.6 Å². The SMILES string of the molecule is CN[C@H](C)CC1(C)CC(Oc2nc3c(cnn3C)cc2C(N)=O)C1.OCc1cnc2c(cnn2CC(F)F)c1. The third kappa shape index (κ3) is 6.48. The first-order chi connectivity index (χ1) is 18.5. The monoisotopic (exact) mass is 544 g/mol. The number of carbonyl (C=O) groups excluding carboxylic acids is 1. The number of alkyl halides is 2. The van der Waals surface area contributed by atoms with Crippen LogP contribution in [0.25, 0.3) is 22.1 Å². The van der Waals surface area contributed by atoms with Crippen molar-refractivity contribution in [3.05, 3.63) is 41.9 Å². The van der Waals surface area contributed by atoms with Crippen molar-refractivity contribution in [3.63, 3.8) is 0 Å². The summed E-state index contributed by atoms with van der Waals surface area (Å²) in [5.74, 6) is -0.221. The number of carbonyl (C=O) groups is 1. The van der Waals surface area contributed by atoms with E-state index in [1.807, 2.05) is 14.1 Å². The Kier molecular flexibility index (Phi) is 8.40. The van der Waals surface area contributed by atoms with E-state index in [1.165, 1.54) is 12.4 Å². The van der Waals surface area contributed by atoms with Gasteiger partial charge >= 0.3 is 0 Å². The molecule has 0 bridgehead atoms. The number of halogens is 2. The van der Waals surface area contributed by atoms with Gasteiger partial charge in [-0.15, -0.1) is 0 Å². The summed E-state index contributed by atoms with van der Waals surface area (Å²) in [6.07, 6.45) is 5.18. The minimum Gasteiger partial charge on any atom is -0.474 e. The number of primary amides is 1. The Morgan fingerprint density at radius 3 is 2.56 bits per heavy atom. The summed E-state index contributed by atoms with van der Waals surface area (Å²) in [5.41, 5.74) is 7.79. The number of rotatable bonds is 9. The number of aliphatic hydroxyl groups is 1. The smallest absolute Gasteiger partial charge is 0.258 e. The third-order valence-corrected chi connectivity index (χ3v) is 6.97. The molecule has 11 nitrogen and oxygen atoms in total. The zero-order valence-electron chi connectivity index (χ0n) is 22.4. The highest BCUT2D eigenvalue weighted by molar-refractivity contribution is 5.98. The molecule has 4 heterocycles. The Morgan fingerprint density at radius 2 is 1.92 bits per heavy atom. The number of aryl methyl sites for hydroxylation is 1. The Bertz CT molecular complexity index is 1450. The average molecular weight is 545 g/mol. The standard InChI is InChI=1S/C17H25N5O2.C9H9F2N3O/c1-10(19-3)6-17(2)7-12(8-17)24-16-13(14(18)23)5-11-9-20-22(4)15(11)21-16;10-8(11)4-14-9-7(3-13-14)1-6(5-15)2-12-9/h5,9-10,12,19H,6-8H2,1-4H3,(H2,18,23);1-3,8,15H,4-5H2/t10-,12?,17?;/m1./s1. The molecule has 1 saturated carbocycles. The Morgan fingerprint density at radius 1 is 1.23 bits per heavy atom. The topological polar surface area (TPSA) is 146 Å². The molecule has 0 aliphatic heterocycles. The van der Waals surface area contributed by atoms with Gasteiger partial charge < -0.3 is 20.9 Å². The first-order valence-corrected chi connectivity index (χ1v) is 12.7. The number of nitrogens with two attached hydrogens (primary N) is 1. The summed E-state index contributed by atoms with van der Waals surface area (Å²) in [4.78, 5) is 20.2. The lowest BCUT2D eigenvalue weighted by atomic mass is 9.65. The van der Waals surface area contributed by atoms with Crippen molar-refractivity contribution >= 4 is 28.0 Å². The van der Waals surface area contributed by atoms with Crippen molar-refractivity contribution in [2.45, 2.75) is 64.8 Å².